The molecule has 0 spiro atoms. The van der Waals surface area contributed by atoms with Crippen molar-refractivity contribution in [3.8, 4) is 5.75 Å². The van der Waals surface area contributed by atoms with Gasteiger partial charge < -0.3 is 25.0 Å². The Kier molecular flexibility index (Phi) is 8.43. The Balaban J connectivity index is 0.000000709. The molecular formula is C25H31N3O5. The van der Waals surface area contributed by atoms with E-state index in [4.69, 9.17) is 14.6 Å². The molecule has 33 heavy (non-hydrogen) atoms. The number of aliphatic carboxylic acids is 1. The number of amides is 2. The molecule has 0 aromatic heterocycles. The van der Waals surface area contributed by atoms with Gasteiger partial charge in [0.15, 0.2) is 0 Å². The lowest BCUT2D eigenvalue weighted by molar-refractivity contribution is -0.134. The number of nitrogens with zero attached hydrogens (tertiary/aromatic N) is 2. The van der Waals surface area contributed by atoms with Gasteiger partial charge in [0.1, 0.15) is 12.3 Å². The summed E-state index contributed by atoms with van der Waals surface area (Å²) < 4.78 is 5.24. The molecule has 8 heteroatoms. The van der Waals surface area contributed by atoms with E-state index >= 15 is 0 Å². The molecule has 176 valence electrons. The molecule has 4 rings (SSSR count). The Morgan fingerprint density at radius 1 is 1.15 bits per heavy atom. The highest BCUT2D eigenvalue weighted by molar-refractivity contribution is 6.01. The van der Waals surface area contributed by atoms with Crippen LogP contribution in [0, 0.1) is 5.92 Å². The standard InChI is InChI=1S/C23H27N3O3.C2H4O2/c1-29-21-4-2-3-20(14-21)26-12-11-25(16-22(26)27)23(28)19-7-5-17(6-8-19)13-18-9-10-24-15-18;1-2(3)4/h2-8,14,18,24H,9-13,15-16H2,1H3;1H3,(H,3,4). The van der Waals surface area contributed by atoms with E-state index in [1.54, 1.807) is 16.9 Å². The van der Waals surface area contributed by atoms with Crippen LogP contribution in [0.3, 0.4) is 0 Å². The molecule has 2 amide bonds. The van der Waals surface area contributed by atoms with Crippen LogP contribution in [0.2, 0.25) is 0 Å². The summed E-state index contributed by atoms with van der Waals surface area (Å²) in [7, 11) is 1.60. The maximum Gasteiger partial charge on any atom is 0.300 e. The minimum Gasteiger partial charge on any atom is -0.497 e. The average molecular weight is 454 g/mol. The summed E-state index contributed by atoms with van der Waals surface area (Å²) in [6, 6.07) is 15.3. The fraction of sp³-hybridized carbons (Fsp3) is 0.400. The summed E-state index contributed by atoms with van der Waals surface area (Å²) in [6.45, 7) is 4.32. The summed E-state index contributed by atoms with van der Waals surface area (Å²) in [4.78, 5) is 37.9. The monoisotopic (exact) mass is 453 g/mol. The van der Waals surface area contributed by atoms with Gasteiger partial charge in [-0.3, -0.25) is 14.4 Å². The van der Waals surface area contributed by atoms with Gasteiger partial charge in [-0.2, -0.15) is 0 Å². The second kappa shape index (κ2) is 11.5. The highest BCUT2D eigenvalue weighted by Gasteiger charge is 2.28. The Hall–Kier alpha value is -3.39. The minimum absolute atomic E-state index is 0.0804. The van der Waals surface area contributed by atoms with Crippen LogP contribution >= 0.6 is 0 Å². The number of piperazine rings is 1. The lowest BCUT2D eigenvalue weighted by atomic mass is 9.98. The number of methoxy groups -OCH3 is 1. The second-order valence-electron chi connectivity index (χ2n) is 8.25. The third-order valence-corrected chi connectivity index (χ3v) is 5.76. The molecule has 1 atom stereocenters. The van der Waals surface area contributed by atoms with E-state index in [1.165, 1.54) is 12.0 Å². The fourth-order valence-corrected chi connectivity index (χ4v) is 4.09. The summed E-state index contributed by atoms with van der Waals surface area (Å²) in [6.07, 6.45) is 2.25. The van der Waals surface area contributed by atoms with Gasteiger partial charge in [-0.1, -0.05) is 18.2 Å². The van der Waals surface area contributed by atoms with Crippen molar-refractivity contribution in [3.05, 3.63) is 59.7 Å². The van der Waals surface area contributed by atoms with E-state index in [0.717, 1.165) is 32.1 Å². The van der Waals surface area contributed by atoms with Gasteiger partial charge in [-0.15, -0.1) is 0 Å². The Morgan fingerprint density at radius 3 is 2.48 bits per heavy atom. The zero-order valence-electron chi connectivity index (χ0n) is 19.1. The van der Waals surface area contributed by atoms with Crippen molar-refractivity contribution in [1.82, 2.24) is 10.2 Å². The second-order valence-corrected chi connectivity index (χ2v) is 8.25. The molecule has 0 bridgehead atoms. The number of hydrogen-bond donors (Lipinski definition) is 2. The molecule has 2 aliphatic heterocycles. The number of carboxylic acid groups (broad SMARTS) is 1. The van der Waals surface area contributed by atoms with Gasteiger partial charge in [-0.25, -0.2) is 0 Å². The van der Waals surface area contributed by atoms with Gasteiger partial charge in [0.05, 0.1) is 7.11 Å². The maximum atomic E-state index is 12.9. The molecule has 0 radical (unpaired) electrons. The first-order chi connectivity index (χ1) is 15.9. The van der Waals surface area contributed by atoms with E-state index < -0.39 is 5.97 Å². The number of carboxylic acids is 1. The summed E-state index contributed by atoms with van der Waals surface area (Å²) in [5.41, 5.74) is 2.70. The van der Waals surface area contributed by atoms with Gasteiger partial charge in [0.25, 0.3) is 11.9 Å². The van der Waals surface area contributed by atoms with Gasteiger partial charge in [-0.05, 0) is 61.7 Å². The highest BCUT2D eigenvalue weighted by Crippen LogP contribution is 2.23. The van der Waals surface area contributed by atoms with Crippen molar-refractivity contribution in [2.24, 2.45) is 5.92 Å². The summed E-state index contributed by atoms with van der Waals surface area (Å²) in [5.74, 6) is 0.391. The van der Waals surface area contributed by atoms with Crippen molar-refractivity contribution < 1.29 is 24.2 Å². The smallest absolute Gasteiger partial charge is 0.300 e. The lowest BCUT2D eigenvalue weighted by Crippen LogP contribution is -2.52. The number of carbonyl (C=O) groups excluding carboxylic acids is 2. The first kappa shape index (κ1) is 24.3. The first-order valence-corrected chi connectivity index (χ1v) is 11.1. The van der Waals surface area contributed by atoms with Crippen LogP contribution in [0.15, 0.2) is 48.5 Å². The number of ether oxygens (including phenoxy) is 1. The Bertz CT molecular complexity index is 966. The number of anilines is 1. The SMILES string of the molecule is CC(=O)O.COc1cccc(N2CCN(C(=O)c3ccc(CC4CCNC4)cc3)CC2=O)c1. The van der Waals surface area contributed by atoms with E-state index in [1.807, 2.05) is 48.5 Å². The van der Waals surface area contributed by atoms with Crippen molar-refractivity contribution in [1.29, 1.82) is 0 Å². The predicted octanol–water partition coefficient (Wildman–Crippen LogP) is 2.43. The molecule has 2 heterocycles. The van der Waals surface area contributed by atoms with Gasteiger partial charge in [0, 0.05) is 37.3 Å². The van der Waals surface area contributed by atoms with Crippen molar-refractivity contribution in [2.75, 3.05) is 44.7 Å². The number of carbonyl (C=O) groups is 3. The fourth-order valence-electron chi connectivity index (χ4n) is 4.09. The van der Waals surface area contributed by atoms with Crippen LogP contribution < -0.4 is 15.0 Å². The van der Waals surface area contributed by atoms with Gasteiger partial charge >= 0.3 is 0 Å². The van der Waals surface area contributed by atoms with Gasteiger partial charge in [0.2, 0.25) is 5.91 Å². The Labute approximate surface area is 194 Å². The summed E-state index contributed by atoms with van der Waals surface area (Å²) in [5, 5.41) is 10.8. The minimum atomic E-state index is -0.833. The van der Waals surface area contributed by atoms with Crippen LogP contribution in [0.25, 0.3) is 0 Å². The topological polar surface area (TPSA) is 99.2 Å². The number of benzene rings is 2. The molecule has 2 saturated heterocycles. The normalized spacial score (nSPS) is 17.9. The highest BCUT2D eigenvalue weighted by atomic mass is 16.5. The molecule has 2 N–H and O–H groups in total. The predicted molar refractivity (Wildman–Crippen MR) is 126 cm³/mol. The van der Waals surface area contributed by atoms with Crippen LogP contribution in [-0.4, -0.2) is 67.6 Å². The van der Waals surface area contributed by atoms with Crippen LogP contribution in [0.1, 0.15) is 29.3 Å². The van der Waals surface area contributed by atoms with E-state index in [0.29, 0.717) is 30.3 Å². The largest absolute Gasteiger partial charge is 0.497 e. The van der Waals surface area contributed by atoms with Crippen LogP contribution in [0.4, 0.5) is 5.69 Å². The Morgan fingerprint density at radius 2 is 1.88 bits per heavy atom. The lowest BCUT2D eigenvalue weighted by Gasteiger charge is -2.34. The number of rotatable bonds is 5. The molecule has 2 fully saturated rings. The molecule has 8 nitrogen and oxygen atoms in total. The maximum absolute atomic E-state index is 12.9. The molecule has 0 aliphatic carbocycles. The van der Waals surface area contributed by atoms with Crippen LogP contribution in [0.5, 0.6) is 5.75 Å². The summed E-state index contributed by atoms with van der Waals surface area (Å²) >= 11 is 0. The van der Waals surface area contributed by atoms with Crippen molar-refractivity contribution in [2.45, 2.75) is 19.8 Å². The number of nitrogens with one attached hydrogen (secondary N) is 1. The zero-order chi connectivity index (χ0) is 23.8. The third-order valence-electron chi connectivity index (χ3n) is 5.76. The molecular weight excluding hydrogens is 422 g/mol. The average Bonchev–Trinajstić information content (AvgIpc) is 3.32. The van der Waals surface area contributed by atoms with E-state index in [2.05, 4.69) is 5.32 Å². The molecule has 2 aromatic carbocycles. The third kappa shape index (κ3) is 6.79. The molecule has 1 unspecified atom stereocenters. The number of hydrogen-bond acceptors (Lipinski definition) is 5. The van der Waals surface area contributed by atoms with E-state index in [-0.39, 0.29) is 18.4 Å². The first-order valence-electron chi connectivity index (χ1n) is 11.1. The van der Waals surface area contributed by atoms with Crippen molar-refractivity contribution in [3.63, 3.8) is 0 Å². The van der Waals surface area contributed by atoms with E-state index in [9.17, 15) is 9.59 Å². The van der Waals surface area contributed by atoms with Crippen molar-refractivity contribution >= 4 is 23.5 Å². The van der Waals surface area contributed by atoms with Crippen LogP contribution in [-0.2, 0) is 16.0 Å². The molecule has 0 saturated carbocycles. The molecule has 2 aromatic rings. The zero-order valence-corrected chi connectivity index (χ0v) is 19.1. The quantitative estimate of drug-likeness (QED) is 0.722. The molecule has 2 aliphatic rings.